The lowest BCUT2D eigenvalue weighted by atomic mass is 9.94. The molecule has 4 aromatic rings. The van der Waals surface area contributed by atoms with Crippen molar-refractivity contribution in [2.24, 2.45) is 0 Å². The number of fused-ring (bicyclic) bond motifs is 2. The number of carbonyl (C=O) groups is 2. The van der Waals surface area contributed by atoms with Gasteiger partial charge in [-0.3, -0.25) is 10.1 Å². The number of hydrogen-bond donors (Lipinski definition) is 4. The van der Waals surface area contributed by atoms with Crippen LogP contribution >= 0.6 is 0 Å². The van der Waals surface area contributed by atoms with Crippen molar-refractivity contribution in [3.63, 3.8) is 0 Å². The van der Waals surface area contributed by atoms with E-state index >= 15 is 0 Å². The highest BCUT2D eigenvalue weighted by atomic mass is 16.7. The van der Waals surface area contributed by atoms with Crippen molar-refractivity contribution in [3.05, 3.63) is 96.6 Å². The average Bonchev–Trinajstić information content (AvgIpc) is 3.47. The summed E-state index contributed by atoms with van der Waals surface area (Å²) in [5.74, 6) is 0.921. The predicted molar refractivity (Wildman–Crippen MR) is 164 cm³/mol. The Hall–Kier alpha value is -5.22. The highest BCUT2D eigenvalue weighted by Gasteiger charge is 2.29. The van der Waals surface area contributed by atoms with E-state index in [9.17, 15) is 14.7 Å². The zero-order valence-corrected chi connectivity index (χ0v) is 23.6. The molecule has 0 radical (unpaired) electrons. The molecule has 2 atom stereocenters. The molecule has 1 aliphatic heterocycles. The van der Waals surface area contributed by atoms with E-state index in [0.717, 1.165) is 5.39 Å². The summed E-state index contributed by atoms with van der Waals surface area (Å²) in [5, 5.41) is 17.4. The first kappa shape index (κ1) is 29.3. The number of aromatic hydroxyl groups is 1. The highest BCUT2D eigenvalue weighted by molar-refractivity contribution is 6.01. The summed E-state index contributed by atoms with van der Waals surface area (Å²) in [6.07, 6.45) is 1.96. The van der Waals surface area contributed by atoms with Crippen LogP contribution in [-0.4, -0.2) is 36.6 Å². The predicted octanol–water partition coefficient (Wildman–Crippen LogP) is 6.53. The van der Waals surface area contributed by atoms with Crippen LogP contribution in [0, 0.1) is 0 Å². The van der Waals surface area contributed by atoms with E-state index in [0.29, 0.717) is 59.0 Å². The zero-order valence-electron chi connectivity index (χ0n) is 23.6. The smallest absolute Gasteiger partial charge is 0.412 e. The molecule has 0 bridgehead atoms. The molecule has 5 N–H and O–H groups in total. The van der Waals surface area contributed by atoms with Gasteiger partial charge >= 0.3 is 6.09 Å². The number of hydrogen-bond acceptors (Lipinski definition) is 8. The maximum atomic E-state index is 13.2. The lowest BCUT2D eigenvalue weighted by molar-refractivity contribution is -0.111. The molecule has 4 aromatic carbocycles. The normalized spacial score (nSPS) is 13.5. The molecule has 0 aliphatic carbocycles. The maximum Gasteiger partial charge on any atom is 0.412 e. The van der Waals surface area contributed by atoms with Gasteiger partial charge < -0.3 is 35.1 Å². The molecule has 0 saturated heterocycles. The molecule has 0 saturated carbocycles. The van der Waals surface area contributed by atoms with Gasteiger partial charge in [-0.2, -0.15) is 0 Å². The van der Waals surface area contributed by atoms with E-state index in [1.807, 2.05) is 25.1 Å². The van der Waals surface area contributed by atoms with Gasteiger partial charge in [-0.15, -0.1) is 0 Å². The number of anilines is 3. The molecule has 2 amide bonds. The molecule has 43 heavy (non-hydrogen) atoms. The quantitative estimate of drug-likeness (QED) is 0.115. The number of phenolic OH excluding ortho intramolecular Hbond substituents is 1. The van der Waals surface area contributed by atoms with Gasteiger partial charge in [0.25, 0.3) is 0 Å². The van der Waals surface area contributed by atoms with Gasteiger partial charge in [-0.25, -0.2) is 4.79 Å². The van der Waals surface area contributed by atoms with Crippen molar-refractivity contribution in [3.8, 4) is 17.2 Å². The summed E-state index contributed by atoms with van der Waals surface area (Å²) in [6, 6.07) is 22.7. The molecule has 0 fully saturated rings. The van der Waals surface area contributed by atoms with E-state index in [-0.39, 0.29) is 18.4 Å². The molecule has 0 aromatic heterocycles. The summed E-state index contributed by atoms with van der Waals surface area (Å²) >= 11 is 0. The molecule has 10 heteroatoms. The second-order valence-corrected chi connectivity index (χ2v) is 9.79. The first-order chi connectivity index (χ1) is 20.9. The number of ether oxygens (including phenoxy) is 4. The van der Waals surface area contributed by atoms with Crippen LogP contribution in [0.1, 0.15) is 31.4 Å². The van der Waals surface area contributed by atoms with Gasteiger partial charge in [0, 0.05) is 29.3 Å². The molecular formula is C33H33N3O7. The molecule has 1 heterocycles. The highest BCUT2D eigenvalue weighted by Crippen LogP contribution is 2.37. The second-order valence-electron chi connectivity index (χ2n) is 9.79. The van der Waals surface area contributed by atoms with Crippen LogP contribution < -0.4 is 25.8 Å². The van der Waals surface area contributed by atoms with Crippen LogP contribution in [0.4, 0.5) is 21.9 Å². The largest absolute Gasteiger partial charge is 0.507 e. The lowest BCUT2D eigenvalue weighted by Crippen LogP contribution is -2.29. The number of amides is 2. The number of rotatable bonds is 11. The average molecular weight is 584 g/mol. The first-order valence-electron chi connectivity index (χ1n) is 13.9. The summed E-state index contributed by atoms with van der Waals surface area (Å²) in [6.45, 7) is 2.34. The minimum atomic E-state index is -0.842. The molecule has 0 unspecified atom stereocenters. The van der Waals surface area contributed by atoms with Crippen LogP contribution in [0.3, 0.4) is 0 Å². The maximum absolute atomic E-state index is 13.2. The number of nitrogens with one attached hydrogen (secondary N) is 2. The van der Waals surface area contributed by atoms with Crippen molar-refractivity contribution in [1.29, 1.82) is 0 Å². The molecule has 5 rings (SSSR count). The zero-order chi connectivity index (χ0) is 30.2. The number of allylic oxidation sites excluding steroid dienone is 1. The SMILES string of the molecule is CCO[C@H](CC/C=C/C(=O)Nc1ccccc1N)[C@H](OC(=O)Nc1ccc2c(c1)OCO2)c1ccc(O)c2ccccc12. The van der Waals surface area contributed by atoms with Crippen LogP contribution in [0.5, 0.6) is 17.2 Å². The number of carbonyl (C=O) groups excluding carboxylic acids is 2. The Balaban J connectivity index is 1.35. The molecule has 1 aliphatic rings. The van der Waals surface area contributed by atoms with Gasteiger partial charge in [0.05, 0.1) is 17.5 Å². The van der Waals surface area contributed by atoms with Gasteiger partial charge in [0.15, 0.2) is 17.6 Å². The van der Waals surface area contributed by atoms with Crippen molar-refractivity contribution < 1.29 is 33.6 Å². The lowest BCUT2D eigenvalue weighted by Gasteiger charge is -2.28. The first-order valence-corrected chi connectivity index (χ1v) is 13.9. The Morgan fingerprint density at radius 2 is 1.74 bits per heavy atom. The third-order valence-corrected chi connectivity index (χ3v) is 6.92. The monoisotopic (exact) mass is 583 g/mol. The Bertz CT molecular complexity index is 1640. The van der Waals surface area contributed by atoms with Crippen LogP contribution in [0.15, 0.2) is 91.0 Å². The summed E-state index contributed by atoms with van der Waals surface area (Å²) in [7, 11) is 0. The van der Waals surface area contributed by atoms with Gasteiger partial charge in [-0.05, 0) is 61.6 Å². The third kappa shape index (κ3) is 7.17. The Morgan fingerprint density at radius 3 is 2.56 bits per heavy atom. The van der Waals surface area contributed by atoms with Crippen molar-refractivity contribution >= 4 is 39.8 Å². The number of nitrogen functional groups attached to an aromatic ring is 1. The van der Waals surface area contributed by atoms with E-state index in [1.165, 1.54) is 6.08 Å². The van der Waals surface area contributed by atoms with Crippen molar-refractivity contribution in [2.75, 3.05) is 29.8 Å². The number of nitrogens with two attached hydrogens (primary N) is 1. The van der Waals surface area contributed by atoms with E-state index < -0.39 is 18.3 Å². The molecule has 10 nitrogen and oxygen atoms in total. The van der Waals surface area contributed by atoms with Crippen molar-refractivity contribution in [2.45, 2.75) is 32.0 Å². The topological polar surface area (TPSA) is 141 Å². The molecular weight excluding hydrogens is 550 g/mol. The van der Waals surface area contributed by atoms with Crippen LogP contribution in [-0.2, 0) is 14.3 Å². The Kier molecular flexibility index (Phi) is 9.28. The van der Waals surface area contributed by atoms with Gasteiger partial charge in [0.2, 0.25) is 12.7 Å². The van der Waals surface area contributed by atoms with E-state index in [2.05, 4.69) is 10.6 Å². The van der Waals surface area contributed by atoms with Crippen LogP contribution in [0.25, 0.3) is 10.8 Å². The number of para-hydroxylation sites is 2. The van der Waals surface area contributed by atoms with E-state index in [1.54, 1.807) is 66.7 Å². The summed E-state index contributed by atoms with van der Waals surface area (Å²) in [4.78, 5) is 25.7. The van der Waals surface area contributed by atoms with Crippen LogP contribution in [0.2, 0.25) is 0 Å². The molecule has 222 valence electrons. The standard InChI is InChI=1S/C33H33N3O7/c1-2-40-29(13-7-8-14-31(38)36-26-12-6-5-11-25(26)34)32(24-16-17-27(37)23-10-4-3-9-22(23)24)43-33(39)35-21-15-18-28-30(19-21)42-20-41-28/h3-6,8-12,14-19,29,32,37H,2,7,13,20,34H2,1H3,(H,35,39)(H,36,38)/b14-8+/t29-,32-/m1/s1. The van der Waals surface area contributed by atoms with Crippen molar-refractivity contribution in [1.82, 2.24) is 0 Å². The Labute approximate surface area is 249 Å². The third-order valence-electron chi connectivity index (χ3n) is 6.92. The molecule has 0 spiro atoms. The second kappa shape index (κ2) is 13.6. The van der Waals surface area contributed by atoms with E-state index in [4.69, 9.17) is 24.7 Å². The summed E-state index contributed by atoms with van der Waals surface area (Å²) < 4.78 is 22.9. The Morgan fingerprint density at radius 1 is 0.977 bits per heavy atom. The van der Waals surface area contributed by atoms with Gasteiger partial charge in [0.1, 0.15) is 5.75 Å². The van der Waals surface area contributed by atoms with Gasteiger partial charge in [-0.1, -0.05) is 48.5 Å². The minimum absolute atomic E-state index is 0.115. The number of benzene rings is 4. The fourth-order valence-electron chi connectivity index (χ4n) is 4.90. The minimum Gasteiger partial charge on any atom is -0.507 e. The fraction of sp³-hybridized carbons (Fsp3) is 0.212. The summed E-state index contributed by atoms with van der Waals surface area (Å²) in [5.41, 5.74) is 8.07. The number of phenols is 1. The fourth-order valence-corrected chi connectivity index (χ4v) is 4.90.